The minimum Gasteiger partial charge on any atom is -0.493 e. The number of allylic oxidation sites excluding steroid dienone is 2. The summed E-state index contributed by atoms with van der Waals surface area (Å²) in [7, 11) is 3.19. The van der Waals surface area contributed by atoms with Gasteiger partial charge in [0, 0.05) is 0 Å². The monoisotopic (exact) mass is 401 g/mol. The molecule has 1 aliphatic carbocycles. The maximum Gasteiger partial charge on any atom is 0.417 e. The van der Waals surface area contributed by atoms with Gasteiger partial charge in [-0.3, -0.25) is 4.79 Å². The van der Waals surface area contributed by atoms with E-state index in [1.54, 1.807) is 14.2 Å². The summed E-state index contributed by atoms with van der Waals surface area (Å²) < 4.78 is 16.2. The number of carbonyl (C=O) groups excluding carboxylic acids is 2. The van der Waals surface area contributed by atoms with E-state index in [1.807, 2.05) is 32.9 Å². The van der Waals surface area contributed by atoms with Gasteiger partial charge < -0.3 is 14.2 Å². The van der Waals surface area contributed by atoms with Gasteiger partial charge in [-0.2, -0.15) is 0 Å². The van der Waals surface area contributed by atoms with Crippen LogP contribution in [0.3, 0.4) is 0 Å². The van der Waals surface area contributed by atoms with Gasteiger partial charge in [0.25, 0.3) is 0 Å². The lowest BCUT2D eigenvalue weighted by Crippen LogP contribution is -2.45. The normalized spacial score (nSPS) is 22.6. The standard InChI is InChI=1S/C23H31NO5/c1-14(2)18-13-29-23(26)24(18)22(25)20(16-9-7-6-8-10-16)17-11-15(3)21(28-5)19(12-17)27-4/h7,9,11-12,14,16,18,20H,6,8,10,13H2,1-5H3/t16-,18+,20-/m0/s1. The summed E-state index contributed by atoms with van der Waals surface area (Å²) in [5.41, 5.74) is 1.73. The van der Waals surface area contributed by atoms with Crippen LogP contribution in [0.5, 0.6) is 11.5 Å². The van der Waals surface area contributed by atoms with Crippen molar-refractivity contribution in [2.75, 3.05) is 20.8 Å². The number of methoxy groups -OCH3 is 2. The Bertz CT molecular complexity index is 801. The molecule has 0 bridgehead atoms. The van der Waals surface area contributed by atoms with Gasteiger partial charge in [0.1, 0.15) is 6.61 Å². The molecule has 1 aromatic carbocycles. The molecule has 3 atom stereocenters. The van der Waals surface area contributed by atoms with E-state index >= 15 is 0 Å². The summed E-state index contributed by atoms with van der Waals surface area (Å²) in [6.07, 6.45) is 6.64. The zero-order valence-electron chi connectivity index (χ0n) is 17.9. The molecule has 0 spiro atoms. The average Bonchev–Trinajstić information content (AvgIpc) is 3.10. The zero-order chi connectivity index (χ0) is 21.1. The fourth-order valence-corrected chi connectivity index (χ4v) is 4.38. The van der Waals surface area contributed by atoms with Gasteiger partial charge >= 0.3 is 6.09 Å². The van der Waals surface area contributed by atoms with E-state index in [0.717, 1.165) is 30.4 Å². The molecule has 2 amide bonds. The van der Waals surface area contributed by atoms with E-state index in [-0.39, 0.29) is 30.4 Å². The Hall–Kier alpha value is -2.50. The summed E-state index contributed by atoms with van der Waals surface area (Å²) in [6.45, 7) is 6.19. The predicted molar refractivity (Wildman–Crippen MR) is 110 cm³/mol. The number of cyclic esters (lactones) is 1. The molecule has 0 saturated carbocycles. The molecule has 1 saturated heterocycles. The zero-order valence-corrected chi connectivity index (χ0v) is 17.9. The van der Waals surface area contributed by atoms with Crippen LogP contribution < -0.4 is 9.47 Å². The Balaban J connectivity index is 2.07. The molecule has 6 heteroatoms. The lowest BCUT2D eigenvalue weighted by Gasteiger charge is -2.32. The van der Waals surface area contributed by atoms with Crippen molar-refractivity contribution in [3.8, 4) is 11.5 Å². The molecule has 2 aliphatic rings. The summed E-state index contributed by atoms with van der Waals surface area (Å²) in [5, 5.41) is 0. The number of hydrogen-bond acceptors (Lipinski definition) is 5. The molecule has 3 rings (SSSR count). The Kier molecular flexibility index (Phi) is 6.50. The van der Waals surface area contributed by atoms with Crippen molar-refractivity contribution >= 4 is 12.0 Å². The second-order valence-electron chi connectivity index (χ2n) is 8.17. The predicted octanol–water partition coefficient (Wildman–Crippen LogP) is 4.46. The van der Waals surface area contributed by atoms with Gasteiger partial charge in [-0.25, -0.2) is 9.69 Å². The van der Waals surface area contributed by atoms with Crippen LogP contribution in [0, 0.1) is 18.8 Å². The van der Waals surface area contributed by atoms with Gasteiger partial charge in [-0.05, 0) is 55.2 Å². The first-order chi connectivity index (χ1) is 13.9. The third kappa shape index (κ3) is 4.11. The number of imide groups is 1. The number of benzene rings is 1. The van der Waals surface area contributed by atoms with Crippen molar-refractivity contribution in [3.05, 3.63) is 35.4 Å². The van der Waals surface area contributed by atoms with Crippen LogP contribution in [0.1, 0.15) is 50.2 Å². The SMILES string of the molecule is COc1cc([C@@H](C(=O)N2C(=O)OC[C@@H]2C(C)C)[C@H]2C=CCCC2)cc(C)c1OC. The highest BCUT2D eigenvalue weighted by molar-refractivity contribution is 5.97. The summed E-state index contributed by atoms with van der Waals surface area (Å²) in [4.78, 5) is 27.6. The molecule has 158 valence electrons. The van der Waals surface area contributed by atoms with Crippen molar-refractivity contribution in [2.24, 2.45) is 11.8 Å². The van der Waals surface area contributed by atoms with E-state index in [9.17, 15) is 9.59 Å². The van der Waals surface area contributed by atoms with Crippen LogP contribution in [0.15, 0.2) is 24.3 Å². The maximum atomic E-state index is 13.8. The third-order valence-electron chi connectivity index (χ3n) is 5.94. The molecular formula is C23H31NO5. The van der Waals surface area contributed by atoms with E-state index < -0.39 is 12.0 Å². The summed E-state index contributed by atoms with van der Waals surface area (Å²) in [6, 6.07) is 3.59. The largest absolute Gasteiger partial charge is 0.493 e. The maximum absolute atomic E-state index is 13.8. The second-order valence-corrected chi connectivity index (χ2v) is 8.17. The first kappa shape index (κ1) is 21.2. The lowest BCUT2D eigenvalue weighted by atomic mass is 9.78. The highest BCUT2D eigenvalue weighted by Gasteiger charge is 2.44. The van der Waals surface area contributed by atoms with Gasteiger partial charge in [0.2, 0.25) is 5.91 Å². The fraction of sp³-hybridized carbons (Fsp3) is 0.565. The topological polar surface area (TPSA) is 65.1 Å². The molecule has 1 fully saturated rings. The summed E-state index contributed by atoms with van der Waals surface area (Å²) >= 11 is 0. The molecule has 1 aromatic rings. The second kappa shape index (κ2) is 8.89. The molecule has 29 heavy (non-hydrogen) atoms. The highest BCUT2D eigenvalue weighted by atomic mass is 16.6. The van der Waals surface area contributed by atoms with Crippen LogP contribution in [-0.2, 0) is 9.53 Å². The van der Waals surface area contributed by atoms with Crippen molar-refractivity contribution < 1.29 is 23.8 Å². The van der Waals surface area contributed by atoms with Gasteiger partial charge in [-0.15, -0.1) is 0 Å². The molecular weight excluding hydrogens is 370 g/mol. The molecule has 0 radical (unpaired) electrons. The number of carbonyl (C=O) groups is 2. The Morgan fingerprint density at radius 2 is 2.00 bits per heavy atom. The van der Waals surface area contributed by atoms with Crippen LogP contribution in [0.4, 0.5) is 4.79 Å². The van der Waals surface area contributed by atoms with Crippen molar-refractivity contribution in [1.29, 1.82) is 0 Å². The quantitative estimate of drug-likeness (QED) is 0.659. The number of hydrogen-bond donors (Lipinski definition) is 0. The lowest BCUT2D eigenvalue weighted by molar-refractivity contribution is -0.132. The number of aryl methyl sites for hydroxylation is 1. The molecule has 0 N–H and O–H groups in total. The van der Waals surface area contributed by atoms with E-state index in [0.29, 0.717) is 11.5 Å². The minimum atomic E-state index is -0.546. The van der Waals surface area contributed by atoms with Crippen LogP contribution in [0.25, 0.3) is 0 Å². The van der Waals surface area contributed by atoms with Crippen molar-refractivity contribution in [1.82, 2.24) is 4.90 Å². The molecule has 1 heterocycles. The number of amides is 2. The Morgan fingerprint density at radius 1 is 1.24 bits per heavy atom. The minimum absolute atomic E-state index is 0.0231. The summed E-state index contributed by atoms with van der Waals surface area (Å²) in [5.74, 6) is 0.716. The smallest absolute Gasteiger partial charge is 0.417 e. The number of nitrogens with zero attached hydrogens (tertiary/aromatic N) is 1. The van der Waals surface area contributed by atoms with Crippen LogP contribution in [0.2, 0.25) is 0 Å². The first-order valence-electron chi connectivity index (χ1n) is 10.3. The van der Waals surface area contributed by atoms with Gasteiger partial charge in [0.15, 0.2) is 11.5 Å². The van der Waals surface area contributed by atoms with Crippen molar-refractivity contribution in [3.63, 3.8) is 0 Å². The number of ether oxygens (including phenoxy) is 3. The van der Waals surface area contributed by atoms with Crippen LogP contribution in [-0.4, -0.2) is 43.8 Å². The van der Waals surface area contributed by atoms with Crippen molar-refractivity contribution in [2.45, 2.75) is 52.0 Å². The molecule has 0 unspecified atom stereocenters. The first-order valence-corrected chi connectivity index (χ1v) is 10.3. The van der Waals surface area contributed by atoms with Gasteiger partial charge in [-0.1, -0.05) is 32.1 Å². The van der Waals surface area contributed by atoms with E-state index in [4.69, 9.17) is 14.2 Å². The molecule has 0 aromatic heterocycles. The fourth-order valence-electron chi connectivity index (χ4n) is 4.38. The molecule has 6 nitrogen and oxygen atoms in total. The van der Waals surface area contributed by atoms with Crippen LogP contribution >= 0.6 is 0 Å². The van der Waals surface area contributed by atoms with E-state index in [2.05, 4.69) is 12.2 Å². The Labute approximate surface area is 172 Å². The Morgan fingerprint density at radius 3 is 2.59 bits per heavy atom. The highest BCUT2D eigenvalue weighted by Crippen LogP contribution is 2.41. The third-order valence-corrected chi connectivity index (χ3v) is 5.94. The average molecular weight is 402 g/mol. The van der Waals surface area contributed by atoms with Gasteiger partial charge in [0.05, 0.1) is 26.2 Å². The van der Waals surface area contributed by atoms with E-state index in [1.165, 1.54) is 4.90 Å². The number of rotatable bonds is 6. The molecule has 1 aliphatic heterocycles.